The van der Waals surface area contributed by atoms with Crippen molar-refractivity contribution in [1.82, 2.24) is 0 Å². The van der Waals surface area contributed by atoms with Crippen molar-refractivity contribution in [3.8, 4) is 11.5 Å². The average molecular weight is 219 g/mol. The predicted molar refractivity (Wildman–Crippen MR) is 58.6 cm³/mol. The van der Waals surface area contributed by atoms with E-state index < -0.39 is 5.54 Å². The molecule has 2 rings (SSSR count). The van der Waals surface area contributed by atoms with Gasteiger partial charge in [-0.25, -0.2) is 4.79 Å². The maximum absolute atomic E-state index is 10.3. The van der Waals surface area contributed by atoms with Crippen LogP contribution >= 0.6 is 0 Å². The summed E-state index contributed by atoms with van der Waals surface area (Å²) in [5, 5.41) is 0. The van der Waals surface area contributed by atoms with Crippen LogP contribution in [0.15, 0.2) is 23.2 Å². The highest BCUT2D eigenvalue weighted by atomic mass is 16.6. The van der Waals surface area contributed by atoms with Gasteiger partial charge in [0.15, 0.2) is 11.5 Å². The predicted octanol–water partition coefficient (Wildman–Crippen LogP) is 2.03. The Morgan fingerprint density at radius 2 is 1.94 bits per heavy atom. The summed E-state index contributed by atoms with van der Waals surface area (Å²) in [4.78, 5) is 14.1. The number of ether oxygens (including phenoxy) is 2. The van der Waals surface area contributed by atoms with Crippen LogP contribution in [0.4, 0.5) is 0 Å². The van der Waals surface area contributed by atoms with Crippen LogP contribution in [0.2, 0.25) is 0 Å². The molecule has 16 heavy (non-hydrogen) atoms. The fourth-order valence-corrected chi connectivity index (χ4v) is 1.60. The first kappa shape index (κ1) is 10.7. The highest BCUT2D eigenvalue weighted by Crippen LogP contribution is 2.35. The Morgan fingerprint density at radius 3 is 2.62 bits per heavy atom. The summed E-state index contributed by atoms with van der Waals surface area (Å²) in [5.74, 6) is 1.44. The molecule has 1 aromatic carbocycles. The van der Waals surface area contributed by atoms with E-state index in [4.69, 9.17) is 9.47 Å². The van der Waals surface area contributed by atoms with Gasteiger partial charge in [0.05, 0.1) is 5.54 Å². The summed E-state index contributed by atoms with van der Waals surface area (Å²) in [6, 6.07) is 5.58. The Labute approximate surface area is 93.9 Å². The Hall–Kier alpha value is -1.80. The third-order valence-electron chi connectivity index (χ3n) is 2.57. The van der Waals surface area contributed by atoms with Gasteiger partial charge < -0.3 is 9.47 Å². The molecule has 0 saturated heterocycles. The molecule has 0 bridgehead atoms. The summed E-state index contributed by atoms with van der Waals surface area (Å²) >= 11 is 0. The fourth-order valence-electron chi connectivity index (χ4n) is 1.60. The van der Waals surface area contributed by atoms with E-state index in [1.807, 2.05) is 32.0 Å². The minimum absolute atomic E-state index is 0.549. The van der Waals surface area contributed by atoms with Crippen LogP contribution in [0.3, 0.4) is 0 Å². The molecule has 0 N–H and O–H groups in total. The van der Waals surface area contributed by atoms with Gasteiger partial charge in [0.2, 0.25) is 6.08 Å². The normalized spacial score (nSPS) is 14.1. The quantitative estimate of drug-likeness (QED) is 0.564. The van der Waals surface area contributed by atoms with E-state index in [1.54, 1.807) is 6.08 Å². The van der Waals surface area contributed by atoms with Crippen LogP contribution in [0.1, 0.15) is 19.4 Å². The van der Waals surface area contributed by atoms with Gasteiger partial charge in [-0.15, -0.1) is 0 Å². The van der Waals surface area contributed by atoms with Gasteiger partial charge in [0.25, 0.3) is 0 Å². The molecule has 4 nitrogen and oxygen atoms in total. The van der Waals surface area contributed by atoms with Crippen LogP contribution in [0.5, 0.6) is 11.5 Å². The Morgan fingerprint density at radius 1 is 1.25 bits per heavy atom. The van der Waals surface area contributed by atoms with Crippen molar-refractivity contribution in [2.45, 2.75) is 19.4 Å². The average Bonchev–Trinajstić information content (AvgIpc) is 2.28. The summed E-state index contributed by atoms with van der Waals surface area (Å²) in [6.45, 7) is 4.82. The number of rotatable bonds is 2. The fraction of sp³-hybridized carbons (Fsp3) is 0.417. The maximum atomic E-state index is 10.3. The van der Waals surface area contributed by atoms with Crippen LogP contribution in [0, 0.1) is 0 Å². The topological polar surface area (TPSA) is 47.9 Å². The highest BCUT2D eigenvalue weighted by molar-refractivity contribution is 5.46. The molecule has 0 aromatic heterocycles. The number of benzene rings is 1. The number of hydrogen-bond acceptors (Lipinski definition) is 4. The van der Waals surface area contributed by atoms with E-state index in [2.05, 4.69) is 4.99 Å². The Kier molecular flexibility index (Phi) is 2.67. The van der Waals surface area contributed by atoms with E-state index in [1.165, 1.54) is 0 Å². The molecule has 0 spiro atoms. The summed E-state index contributed by atoms with van der Waals surface area (Å²) in [6.07, 6.45) is 1.59. The standard InChI is InChI=1S/C12H13NO3/c1-12(2,13-8-14)9-3-4-10-11(7-9)16-6-5-15-10/h3-4,7H,5-6H2,1-2H3. The smallest absolute Gasteiger partial charge is 0.235 e. The van der Waals surface area contributed by atoms with E-state index in [0.717, 1.165) is 11.3 Å². The SMILES string of the molecule is CC(C)(N=C=O)c1ccc2c(c1)OCCO2. The summed E-state index contributed by atoms with van der Waals surface area (Å²) in [5.41, 5.74) is 0.317. The lowest BCUT2D eigenvalue weighted by Crippen LogP contribution is -2.18. The monoisotopic (exact) mass is 219 g/mol. The van der Waals surface area contributed by atoms with Crippen LogP contribution in [-0.4, -0.2) is 19.3 Å². The highest BCUT2D eigenvalue weighted by Gasteiger charge is 2.22. The first-order valence-electron chi connectivity index (χ1n) is 5.12. The van der Waals surface area contributed by atoms with E-state index >= 15 is 0 Å². The number of hydrogen-bond donors (Lipinski definition) is 0. The van der Waals surface area contributed by atoms with Gasteiger partial charge in [-0.05, 0) is 31.5 Å². The maximum Gasteiger partial charge on any atom is 0.235 e. The lowest BCUT2D eigenvalue weighted by Gasteiger charge is -2.23. The molecule has 4 heteroatoms. The lowest BCUT2D eigenvalue weighted by atomic mass is 9.95. The Bertz CT molecular complexity index is 448. The second kappa shape index (κ2) is 3.99. The molecule has 0 saturated carbocycles. The van der Waals surface area contributed by atoms with Gasteiger partial charge in [0, 0.05) is 0 Å². The van der Waals surface area contributed by atoms with Crippen molar-refractivity contribution < 1.29 is 14.3 Å². The number of carbonyl (C=O) groups excluding carboxylic acids is 1. The molecular weight excluding hydrogens is 206 g/mol. The molecule has 1 heterocycles. The van der Waals surface area contributed by atoms with Gasteiger partial charge >= 0.3 is 0 Å². The van der Waals surface area contributed by atoms with Crippen LogP contribution in [-0.2, 0) is 10.3 Å². The molecule has 1 aliphatic heterocycles. The van der Waals surface area contributed by atoms with Crippen LogP contribution < -0.4 is 9.47 Å². The summed E-state index contributed by atoms with van der Waals surface area (Å²) in [7, 11) is 0. The van der Waals surface area contributed by atoms with Gasteiger partial charge in [-0.2, -0.15) is 4.99 Å². The van der Waals surface area contributed by atoms with Gasteiger partial charge in [0.1, 0.15) is 13.2 Å². The minimum atomic E-state index is -0.586. The molecule has 0 amide bonds. The van der Waals surface area contributed by atoms with Crippen molar-refractivity contribution in [1.29, 1.82) is 0 Å². The van der Waals surface area contributed by atoms with E-state index in [-0.39, 0.29) is 0 Å². The van der Waals surface area contributed by atoms with Crippen molar-refractivity contribution in [3.63, 3.8) is 0 Å². The molecule has 1 aromatic rings. The van der Waals surface area contributed by atoms with Crippen molar-refractivity contribution in [3.05, 3.63) is 23.8 Å². The molecule has 0 radical (unpaired) electrons. The third-order valence-corrected chi connectivity index (χ3v) is 2.57. The van der Waals surface area contributed by atoms with E-state index in [0.29, 0.717) is 19.0 Å². The molecule has 0 atom stereocenters. The largest absolute Gasteiger partial charge is 0.486 e. The zero-order valence-corrected chi connectivity index (χ0v) is 9.32. The third kappa shape index (κ3) is 1.92. The number of isocyanates is 1. The van der Waals surface area contributed by atoms with Gasteiger partial charge in [-0.1, -0.05) is 6.07 Å². The van der Waals surface area contributed by atoms with Crippen LogP contribution in [0.25, 0.3) is 0 Å². The first-order chi connectivity index (χ1) is 7.63. The molecule has 84 valence electrons. The van der Waals surface area contributed by atoms with Gasteiger partial charge in [-0.3, -0.25) is 0 Å². The van der Waals surface area contributed by atoms with Crippen molar-refractivity contribution in [2.75, 3.05) is 13.2 Å². The summed E-state index contributed by atoms with van der Waals surface area (Å²) < 4.78 is 10.9. The second-order valence-electron chi connectivity index (χ2n) is 4.12. The molecule has 0 aliphatic carbocycles. The second-order valence-corrected chi connectivity index (χ2v) is 4.12. The van der Waals surface area contributed by atoms with Crippen molar-refractivity contribution in [2.24, 2.45) is 4.99 Å². The molecule has 1 aliphatic rings. The molecule has 0 fully saturated rings. The minimum Gasteiger partial charge on any atom is -0.486 e. The molecule has 0 unspecified atom stereocenters. The number of aliphatic imine (C=N–C) groups is 1. The number of fused-ring (bicyclic) bond motifs is 1. The lowest BCUT2D eigenvalue weighted by molar-refractivity contribution is 0.171. The molecular formula is C12H13NO3. The zero-order chi connectivity index (χ0) is 11.6. The first-order valence-corrected chi connectivity index (χ1v) is 5.12. The van der Waals surface area contributed by atoms with Crippen molar-refractivity contribution >= 4 is 6.08 Å². The zero-order valence-electron chi connectivity index (χ0n) is 9.32. The van der Waals surface area contributed by atoms with E-state index in [9.17, 15) is 4.79 Å². The number of nitrogens with zero attached hydrogens (tertiary/aromatic N) is 1. The Balaban J connectivity index is 2.40.